The van der Waals surface area contributed by atoms with Crippen LogP contribution in [0.3, 0.4) is 0 Å². The average Bonchev–Trinajstić information content (AvgIpc) is 3.07. The van der Waals surface area contributed by atoms with Crippen LogP contribution in [0.25, 0.3) is 0 Å². The molecule has 1 aromatic rings. The van der Waals surface area contributed by atoms with Gasteiger partial charge in [-0.15, -0.1) is 0 Å². The van der Waals surface area contributed by atoms with Crippen molar-refractivity contribution in [3.05, 3.63) is 23.8 Å². The van der Waals surface area contributed by atoms with Crippen LogP contribution in [0.4, 0.5) is 0 Å². The zero-order valence-corrected chi connectivity index (χ0v) is 10.9. The number of ether oxygens (including phenoxy) is 2. The Labute approximate surface area is 103 Å². The molecule has 1 fully saturated rings. The predicted octanol–water partition coefficient (Wildman–Crippen LogP) is 2.59. The van der Waals surface area contributed by atoms with Crippen LogP contribution in [-0.4, -0.2) is 20.8 Å². The SMILES string of the molecule is COc1ccc(CNCC2(C)CC2)c(OC)c1. The molecular formula is C14H21NO2. The van der Waals surface area contributed by atoms with E-state index in [1.165, 1.54) is 18.4 Å². The molecule has 3 heteroatoms. The van der Waals surface area contributed by atoms with Crippen LogP contribution < -0.4 is 14.8 Å². The fraction of sp³-hybridized carbons (Fsp3) is 0.571. The van der Waals surface area contributed by atoms with E-state index >= 15 is 0 Å². The van der Waals surface area contributed by atoms with E-state index in [0.29, 0.717) is 5.41 Å². The Hall–Kier alpha value is -1.22. The first-order valence-corrected chi connectivity index (χ1v) is 6.08. The second kappa shape index (κ2) is 4.96. The third kappa shape index (κ3) is 3.13. The first kappa shape index (κ1) is 12.2. The van der Waals surface area contributed by atoms with Crippen molar-refractivity contribution in [2.75, 3.05) is 20.8 Å². The van der Waals surface area contributed by atoms with E-state index in [9.17, 15) is 0 Å². The van der Waals surface area contributed by atoms with Gasteiger partial charge in [-0.1, -0.05) is 13.0 Å². The van der Waals surface area contributed by atoms with Crippen molar-refractivity contribution in [3.63, 3.8) is 0 Å². The summed E-state index contributed by atoms with van der Waals surface area (Å²) in [5.74, 6) is 1.72. The summed E-state index contributed by atoms with van der Waals surface area (Å²) in [7, 11) is 3.36. The zero-order chi connectivity index (χ0) is 12.3. The fourth-order valence-electron chi connectivity index (χ4n) is 1.89. The van der Waals surface area contributed by atoms with Crippen LogP contribution >= 0.6 is 0 Å². The molecule has 0 heterocycles. The second-order valence-electron chi connectivity index (χ2n) is 5.09. The van der Waals surface area contributed by atoms with Crippen molar-refractivity contribution in [2.45, 2.75) is 26.3 Å². The molecule has 0 aromatic heterocycles. The van der Waals surface area contributed by atoms with Gasteiger partial charge in [0.25, 0.3) is 0 Å². The Morgan fingerprint density at radius 2 is 2.00 bits per heavy atom. The summed E-state index contributed by atoms with van der Waals surface area (Å²) < 4.78 is 10.5. The highest BCUT2D eigenvalue weighted by molar-refractivity contribution is 5.40. The van der Waals surface area contributed by atoms with Crippen LogP contribution in [0.5, 0.6) is 11.5 Å². The molecule has 1 aliphatic carbocycles. The highest BCUT2D eigenvalue weighted by atomic mass is 16.5. The molecule has 0 saturated heterocycles. The van der Waals surface area contributed by atoms with Crippen molar-refractivity contribution in [3.8, 4) is 11.5 Å². The van der Waals surface area contributed by atoms with Gasteiger partial charge in [0.05, 0.1) is 14.2 Å². The molecule has 94 valence electrons. The standard InChI is InChI=1S/C14H21NO2/c1-14(6-7-14)10-15-9-11-4-5-12(16-2)8-13(11)17-3/h4-5,8,15H,6-7,9-10H2,1-3H3. The minimum Gasteiger partial charge on any atom is -0.497 e. The molecular weight excluding hydrogens is 214 g/mol. The summed E-state index contributed by atoms with van der Waals surface area (Å²) in [6.07, 6.45) is 2.69. The molecule has 1 aliphatic rings. The van der Waals surface area contributed by atoms with Crippen molar-refractivity contribution in [1.82, 2.24) is 5.32 Å². The Bertz CT molecular complexity index is 386. The number of rotatable bonds is 6. The molecule has 2 rings (SSSR count). The Morgan fingerprint density at radius 3 is 2.59 bits per heavy atom. The Morgan fingerprint density at radius 1 is 1.24 bits per heavy atom. The maximum atomic E-state index is 5.37. The minimum atomic E-state index is 0.541. The average molecular weight is 235 g/mol. The number of hydrogen-bond acceptors (Lipinski definition) is 3. The molecule has 0 radical (unpaired) electrons. The molecule has 0 amide bonds. The fourth-order valence-corrected chi connectivity index (χ4v) is 1.89. The van der Waals surface area contributed by atoms with Crippen molar-refractivity contribution < 1.29 is 9.47 Å². The quantitative estimate of drug-likeness (QED) is 0.822. The van der Waals surface area contributed by atoms with Gasteiger partial charge >= 0.3 is 0 Å². The van der Waals surface area contributed by atoms with E-state index in [4.69, 9.17) is 9.47 Å². The summed E-state index contributed by atoms with van der Waals surface area (Å²) in [4.78, 5) is 0. The molecule has 1 N–H and O–H groups in total. The van der Waals surface area contributed by atoms with Gasteiger partial charge in [-0.2, -0.15) is 0 Å². The monoisotopic (exact) mass is 235 g/mol. The van der Waals surface area contributed by atoms with Gasteiger partial charge in [0.2, 0.25) is 0 Å². The van der Waals surface area contributed by atoms with E-state index in [2.05, 4.69) is 18.3 Å². The molecule has 1 saturated carbocycles. The van der Waals surface area contributed by atoms with Crippen LogP contribution in [-0.2, 0) is 6.54 Å². The normalized spacial score (nSPS) is 16.6. The van der Waals surface area contributed by atoms with Crippen molar-refractivity contribution in [2.24, 2.45) is 5.41 Å². The molecule has 0 bridgehead atoms. The molecule has 0 aliphatic heterocycles. The number of nitrogens with one attached hydrogen (secondary N) is 1. The number of benzene rings is 1. The Balaban J connectivity index is 1.94. The maximum Gasteiger partial charge on any atom is 0.127 e. The lowest BCUT2D eigenvalue weighted by molar-refractivity contribution is 0.388. The predicted molar refractivity (Wildman–Crippen MR) is 68.6 cm³/mol. The molecule has 0 atom stereocenters. The lowest BCUT2D eigenvalue weighted by atomic mass is 10.1. The first-order valence-electron chi connectivity index (χ1n) is 6.08. The van der Waals surface area contributed by atoms with Crippen LogP contribution in [0.15, 0.2) is 18.2 Å². The van der Waals surface area contributed by atoms with Crippen molar-refractivity contribution in [1.29, 1.82) is 0 Å². The van der Waals surface area contributed by atoms with Crippen LogP contribution in [0.2, 0.25) is 0 Å². The maximum absolute atomic E-state index is 5.37. The van der Waals surface area contributed by atoms with Crippen molar-refractivity contribution >= 4 is 0 Å². The highest BCUT2D eigenvalue weighted by Crippen LogP contribution is 2.44. The van der Waals surface area contributed by atoms with Gasteiger partial charge in [0.15, 0.2) is 0 Å². The lowest BCUT2D eigenvalue weighted by Crippen LogP contribution is -2.21. The summed E-state index contributed by atoms with van der Waals surface area (Å²) in [5, 5.41) is 3.50. The molecule has 17 heavy (non-hydrogen) atoms. The minimum absolute atomic E-state index is 0.541. The molecule has 3 nitrogen and oxygen atoms in total. The van der Waals surface area contributed by atoms with E-state index < -0.39 is 0 Å². The van der Waals surface area contributed by atoms with E-state index in [0.717, 1.165) is 24.6 Å². The lowest BCUT2D eigenvalue weighted by Gasteiger charge is -2.13. The van der Waals surface area contributed by atoms with Gasteiger partial charge < -0.3 is 14.8 Å². The number of methoxy groups -OCH3 is 2. The summed E-state index contributed by atoms with van der Waals surface area (Å²) in [5.41, 5.74) is 1.72. The van der Waals surface area contributed by atoms with E-state index in [-0.39, 0.29) is 0 Å². The third-order valence-electron chi connectivity index (χ3n) is 3.47. The van der Waals surface area contributed by atoms with E-state index in [1.807, 2.05) is 12.1 Å². The Kier molecular flexibility index (Phi) is 3.57. The summed E-state index contributed by atoms with van der Waals surface area (Å²) in [6, 6.07) is 5.95. The van der Waals surface area contributed by atoms with Crippen LogP contribution in [0.1, 0.15) is 25.3 Å². The van der Waals surface area contributed by atoms with Crippen LogP contribution in [0, 0.1) is 5.41 Å². The van der Waals surface area contributed by atoms with Gasteiger partial charge in [0, 0.05) is 24.7 Å². The molecule has 0 unspecified atom stereocenters. The first-order chi connectivity index (χ1) is 8.17. The van der Waals surface area contributed by atoms with E-state index in [1.54, 1.807) is 14.2 Å². The van der Waals surface area contributed by atoms with Gasteiger partial charge in [-0.05, 0) is 24.3 Å². The zero-order valence-electron chi connectivity index (χ0n) is 10.9. The van der Waals surface area contributed by atoms with Gasteiger partial charge in [-0.3, -0.25) is 0 Å². The number of hydrogen-bond donors (Lipinski definition) is 1. The summed E-state index contributed by atoms with van der Waals surface area (Å²) >= 11 is 0. The largest absolute Gasteiger partial charge is 0.497 e. The second-order valence-corrected chi connectivity index (χ2v) is 5.09. The van der Waals surface area contributed by atoms with Gasteiger partial charge in [-0.25, -0.2) is 0 Å². The topological polar surface area (TPSA) is 30.5 Å². The molecule has 1 aromatic carbocycles. The van der Waals surface area contributed by atoms with Gasteiger partial charge in [0.1, 0.15) is 11.5 Å². The molecule has 0 spiro atoms. The third-order valence-corrected chi connectivity index (χ3v) is 3.47. The highest BCUT2D eigenvalue weighted by Gasteiger charge is 2.36. The summed E-state index contributed by atoms with van der Waals surface area (Å²) in [6.45, 7) is 4.26. The smallest absolute Gasteiger partial charge is 0.127 e.